The van der Waals surface area contributed by atoms with Crippen LogP contribution in [0.2, 0.25) is 0 Å². The van der Waals surface area contributed by atoms with Gasteiger partial charge >= 0.3 is 0 Å². The van der Waals surface area contributed by atoms with E-state index in [9.17, 15) is 10.1 Å². The molecule has 2 aromatic rings. The Morgan fingerprint density at radius 1 is 0.970 bits per heavy atom. The van der Waals surface area contributed by atoms with Crippen LogP contribution in [0.15, 0.2) is 47.0 Å². The highest BCUT2D eigenvalue weighted by atomic mass is 32.2. The molecule has 0 radical (unpaired) electrons. The van der Waals surface area contributed by atoms with Crippen molar-refractivity contribution in [3.05, 3.63) is 52.6 Å². The second kappa shape index (κ2) is 9.55. The third kappa shape index (κ3) is 4.14. The third-order valence-electron chi connectivity index (χ3n) is 5.83. The fourth-order valence-corrected chi connectivity index (χ4v) is 5.30. The normalized spacial score (nSPS) is 17.9. The maximum atomic E-state index is 13.3. The van der Waals surface area contributed by atoms with E-state index in [4.69, 9.17) is 18.9 Å². The Hall–Kier alpha value is -3.51. The zero-order valence-electron chi connectivity index (χ0n) is 19.0. The average molecular weight is 468 g/mol. The highest BCUT2D eigenvalue weighted by Gasteiger charge is 2.39. The lowest BCUT2D eigenvalue weighted by Crippen LogP contribution is -2.47. The lowest BCUT2D eigenvalue weighted by Gasteiger charge is -2.42. The lowest BCUT2D eigenvalue weighted by atomic mass is 9.86. The van der Waals surface area contributed by atoms with E-state index >= 15 is 0 Å². The van der Waals surface area contributed by atoms with Crippen LogP contribution in [-0.4, -0.2) is 51.8 Å². The van der Waals surface area contributed by atoms with Gasteiger partial charge in [0.05, 0.1) is 63.3 Å². The van der Waals surface area contributed by atoms with Gasteiger partial charge in [-0.25, -0.2) is 0 Å². The van der Waals surface area contributed by atoms with E-state index in [1.807, 2.05) is 29.2 Å². The van der Waals surface area contributed by atoms with Gasteiger partial charge in [-0.1, -0.05) is 11.8 Å². The molecule has 2 aliphatic heterocycles. The number of anilines is 1. The molecule has 2 heterocycles. The quantitative estimate of drug-likeness (QED) is 0.632. The molecule has 0 aliphatic carbocycles. The number of methoxy groups -OCH3 is 4. The molecule has 1 fully saturated rings. The van der Waals surface area contributed by atoms with E-state index in [0.717, 1.165) is 11.3 Å². The molecule has 0 saturated carbocycles. The van der Waals surface area contributed by atoms with Crippen molar-refractivity contribution in [2.24, 2.45) is 0 Å². The van der Waals surface area contributed by atoms with Crippen molar-refractivity contribution in [2.75, 3.05) is 45.9 Å². The molecule has 172 valence electrons. The van der Waals surface area contributed by atoms with Gasteiger partial charge < -0.3 is 23.8 Å². The summed E-state index contributed by atoms with van der Waals surface area (Å²) in [7, 11) is 6.37. The summed E-state index contributed by atoms with van der Waals surface area (Å²) in [6.07, 6.45) is 0.171. The van der Waals surface area contributed by atoms with Crippen molar-refractivity contribution in [1.82, 2.24) is 4.90 Å². The van der Waals surface area contributed by atoms with Gasteiger partial charge in [0.2, 0.25) is 5.91 Å². The van der Waals surface area contributed by atoms with Gasteiger partial charge in [0.15, 0.2) is 0 Å². The number of nitrogens with zero attached hydrogens (tertiary/aromatic N) is 3. The van der Waals surface area contributed by atoms with Crippen LogP contribution in [0.4, 0.5) is 5.69 Å². The zero-order chi connectivity index (χ0) is 23.5. The number of amides is 1. The minimum absolute atomic E-state index is 0.0523. The molecule has 0 N–H and O–H groups in total. The summed E-state index contributed by atoms with van der Waals surface area (Å²) < 4.78 is 21.7. The Morgan fingerprint density at radius 3 is 2.33 bits per heavy atom. The van der Waals surface area contributed by atoms with Gasteiger partial charge in [-0.2, -0.15) is 5.26 Å². The molecule has 0 unspecified atom stereocenters. The molecule has 4 rings (SSSR count). The van der Waals surface area contributed by atoms with Crippen molar-refractivity contribution in [3.8, 4) is 29.1 Å². The number of ether oxygens (including phenoxy) is 4. The van der Waals surface area contributed by atoms with E-state index in [2.05, 4.69) is 6.07 Å². The molecule has 1 saturated heterocycles. The maximum Gasteiger partial charge on any atom is 0.229 e. The van der Waals surface area contributed by atoms with Crippen molar-refractivity contribution in [1.29, 1.82) is 5.26 Å². The lowest BCUT2D eigenvalue weighted by molar-refractivity contribution is -0.129. The molecule has 1 atom stereocenters. The molecule has 0 spiro atoms. The monoisotopic (exact) mass is 467 g/mol. The predicted octanol–water partition coefficient (Wildman–Crippen LogP) is 3.94. The van der Waals surface area contributed by atoms with Crippen molar-refractivity contribution in [3.63, 3.8) is 0 Å². The number of hydrogen-bond donors (Lipinski definition) is 0. The SMILES string of the molecule is COc1ccc(N2CSC3=C(C#N)[C@@H](c4cc(OC)ccc4OC)CC(=O)N3C2)c(OC)c1. The maximum absolute atomic E-state index is 13.3. The van der Waals surface area contributed by atoms with Gasteiger partial charge in [-0.3, -0.25) is 9.69 Å². The van der Waals surface area contributed by atoms with Crippen LogP contribution in [0, 0.1) is 11.3 Å². The number of rotatable bonds is 6. The summed E-state index contributed by atoms with van der Waals surface area (Å²) >= 11 is 1.47. The fourth-order valence-electron chi connectivity index (χ4n) is 4.14. The topological polar surface area (TPSA) is 84.3 Å². The van der Waals surface area contributed by atoms with E-state index in [1.54, 1.807) is 45.5 Å². The zero-order valence-corrected chi connectivity index (χ0v) is 19.8. The Labute approximate surface area is 197 Å². The first kappa shape index (κ1) is 22.7. The summed E-state index contributed by atoms with van der Waals surface area (Å²) in [5, 5.41) is 10.8. The van der Waals surface area contributed by atoms with Crippen LogP contribution >= 0.6 is 11.8 Å². The van der Waals surface area contributed by atoms with Crippen molar-refractivity contribution < 1.29 is 23.7 Å². The summed E-state index contributed by atoms with van der Waals surface area (Å²) in [5.74, 6) is 2.74. The molecular weight excluding hydrogens is 442 g/mol. The summed E-state index contributed by atoms with van der Waals surface area (Å²) in [6.45, 7) is 0.330. The molecule has 2 aromatic carbocycles. The first-order valence-corrected chi connectivity index (χ1v) is 11.3. The Kier molecular flexibility index (Phi) is 6.56. The van der Waals surface area contributed by atoms with Crippen molar-refractivity contribution >= 4 is 23.4 Å². The standard InChI is InChI=1S/C24H25N3O5S/c1-29-15-6-8-21(31-3)18(9-15)17-11-23(28)27-13-26(14-33-24(27)19(17)12-25)20-7-5-16(30-2)10-22(20)32-4/h5-10,17H,11,13-14H2,1-4H3/t17-/m1/s1. The molecule has 2 aliphatic rings. The third-order valence-corrected chi connectivity index (χ3v) is 6.99. The van der Waals surface area contributed by atoms with Crippen LogP contribution in [0.25, 0.3) is 0 Å². The van der Waals surface area contributed by atoms with Gasteiger partial charge in [0.1, 0.15) is 23.0 Å². The van der Waals surface area contributed by atoms with Crippen molar-refractivity contribution in [2.45, 2.75) is 12.3 Å². The number of allylic oxidation sites excluding steroid dienone is 1. The smallest absolute Gasteiger partial charge is 0.229 e. The van der Waals surface area contributed by atoms with Gasteiger partial charge in [-0.15, -0.1) is 0 Å². The van der Waals surface area contributed by atoms with Crippen LogP contribution in [0.3, 0.4) is 0 Å². The van der Waals surface area contributed by atoms with E-state index in [0.29, 0.717) is 46.1 Å². The number of carbonyl (C=O) groups excluding carboxylic acids is 1. The molecule has 9 heteroatoms. The summed E-state index contributed by atoms with van der Waals surface area (Å²) in [5.41, 5.74) is 2.19. The Balaban J connectivity index is 1.70. The minimum Gasteiger partial charge on any atom is -0.497 e. The molecule has 8 nitrogen and oxygen atoms in total. The largest absolute Gasteiger partial charge is 0.497 e. The van der Waals surface area contributed by atoms with E-state index in [-0.39, 0.29) is 12.3 Å². The highest BCUT2D eigenvalue weighted by Crippen LogP contribution is 2.46. The van der Waals surface area contributed by atoms with E-state index < -0.39 is 5.92 Å². The Morgan fingerprint density at radius 2 is 1.67 bits per heavy atom. The first-order chi connectivity index (χ1) is 16.0. The van der Waals surface area contributed by atoms with Gasteiger partial charge in [0, 0.05) is 24.0 Å². The summed E-state index contributed by atoms with van der Waals surface area (Å²) in [4.78, 5) is 17.0. The second-order valence-electron chi connectivity index (χ2n) is 7.51. The number of thioether (sulfide) groups is 1. The fraction of sp³-hybridized carbons (Fsp3) is 0.333. The minimum atomic E-state index is -0.395. The van der Waals surface area contributed by atoms with Crippen LogP contribution in [0.1, 0.15) is 17.9 Å². The first-order valence-electron chi connectivity index (χ1n) is 10.3. The molecule has 33 heavy (non-hydrogen) atoms. The molecular formula is C24H25N3O5S. The highest BCUT2D eigenvalue weighted by molar-refractivity contribution is 8.03. The average Bonchev–Trinajstić information content (AvgIpc) is 2.87. The molecule has 1 amide bonds. The van der Waals surface area contributed by atoms with Gasteiger partial charge in [-0.05, 0) is 30.3 Å². The van der Waals surface area contributed by atoms with Crippen LogP contribution < -0.4 is 23.8 Å². The molecule has 0 bridgehead atoms. The summed E-state index contributed by atoms with van der Waals surface area (Å²) in [6, 6.07) is 13.4. The van der Waals surface area contributed by atoms with Crippen LogP contribution in [0.5, 0.6) is 23.0 Å². The number of hydrogen-bond acceptors (Lipinski definition) is 8. The number of nitriles is 1. The van der Waals surface area contributed by atoms with Gasteiger partial charge in [0.25, 0.3) is 0 Å². The number of carbonyl (C=O) groups is 1. The predicted molar refractivity (Wildman–Crippen MR) is 126 cm³/mol. The second-order valence-corrected chi connectivity index (χ2v) is 8.44. The molecule has 0 aromatic heterocycles. The van der Waals surface area contributed by atoms with E-state index in [1.165, 1.54) is 11.8 Å². The number of benzene rings is 2. The van der Waals surface area contributed by atoms with Crippen LogP contribution in [-0.2, 0) is 4.79 Å². The Bertz CT molecular complexity index is 1140. The number of fused-ring (bicyclic) bond motifs is 1.